The molecule has 0 unspecified atom stereocenters. The van der Waals surface area contributed by atoms with Crippen LogP contribution in [0, 0.1) is 11.3 Å². The van der Waals surface area contributed by atoms with Gasteiger partial charge in [-0.05, 0) is 6.42 Å². The van der Waals surface area contributed by atoms with Gasteiger partial charge in [0.15, 0.2) is 5.69 Å². The molecule has 0 spiro atoms. The summed E-state index contributed by atoms with van der Waals surface area (Å²) in [5, 5.41) is 19.1. The zero-order valence-corrected chi connectivity index (χ0v) is 8.26. The van der Waals surface area contributed by atoms with Gasteiger partial charge in [0.05, 0.1) is 0 Å². The SMILES string of the molecule is CCCC(C)(C)c1n[nH]nc1C#N. The van der Waals surface area contributed by atoms with Gasteiger partial charge in [-0.15, -0.1) is 5.10 Å². The summed E-state index contributed by atoms with van der Waals surface area (Å²) < 4.78 is 0. The number of aromatic amines is 1. The van der Waals surface area contributed by atoms with E-state index in [1.54, 1.807) is 0 Å². The molecule has 0 aliphatic rings. The summed E-state index contributed by atoms with van der Waals surface area (Å²) in [6.07, 6.45) is 2.08. The maximum absolute atomic E-state index is 8.77. The summed E-state index contributed by atoms with van der Waals surface area (Å²) in [7, 11) is 0. The first-order chi connectivity index (χ1) is 6.11. The monoisotopic (exact) mass is 178 g/mol. The van der Waals surface area contributed by atoms with Crippen molar-refractivity contribution in [3.63, 3.8) is 0 Å². The minimum atomic E-state index is -0.0627. The molecule has 1 rings (SSSR count). The number of hydrogen-bond acceptors (Lipinski definition) is 3. The Morgan fingerprint density at radius 1 is 1.46 bits per heavy atom. The molecule has 0 radical (unpaired) electrons. The van der Waals surface area contributed by atoms with E-state index < -0.39 is 0 Å². The van der Waals surface area contributed by atoms with Crippen molar-refractivity contribution in [2.75, 3.05) is 0 Å². The Labute approximate surface area is 78.0 Å². The molecule has 0 saturated carbocycles. The van der Waals surface area contributed by atoms with Crippen LogP contribution in [-0.4, -0.2) is 15.4 Å². The van der Waals surface area contributed by atoms with Crippen molar-refractivity contribution >= 4 is 0 Å². The Morgan fingerprint density at radius 2 is 2.15 bits per heavy atom. The molecule has 0 bridgehead atoms. The van der Waals surface area contributed by atoms with Crippen molar-refractivity contribution < 1.29 is 0 Å². The van der Waals surface area contributed by atoms with Crippen LogP contribution in [-0.2, 0) is 5.41 Å². The predicted molar refractivity (Wildman–Crippen MR) is 49.0 cm³/mol. The number of rotatable bonds is 3. The van der Waals surface area contributed by atoms with Gasteiger partial charge in [0.25, 0.3) is 0 Å². The molecule has 0 aliphatic heterocycles. The Morgan fingerprint density at radius 3 is 2.69 bits per heavy atom. The molecular weight excluding hydrogens is 164 g/mol. The number of nitriles is 1. The summed E-state index contributed by atoms with van der Waals surface area (Å²) in [5.74, 6) is 0. The third kappa shape index (κ3) is 1.86. The van der Waals surface area contributed by atoms with Gasteiger partial charge in [-0.1, -0.05) is 27.2 Å². The highest BCUT2D eigenvalue weighted by molar-refractivity contribution is 5.29. The van der Waals surface area contributed by atoms with Crippen molar-refractivity contribution in [1.29, 1.82) is 5.26 Å². The Hall–Kier alpha value is -1.37. The number of aromatic nitrogens is 3. The molecule has 0 saturated heterocycles. The van der Waals surface area contributed by atoms with Crippen molar-refractivity contribution in [1.82, 2.24) is 15.4 Å². The van der Waals surface area contributed by atoms with Crippen LogP contribution in [0.3, 0.4) is 0 Å². The topological polar surface area (TPSA) is 65.4 Å². The average molecular weight is 178 g/mol. The largest absolute Gasteiger partial charge is 0.196 e. The molecule has 0 aromatic carbocycles. The van der Waals surface area contributed by atoms with E-state index in [2.05, 4.69) is 36.2 Å². The van der Waals surface area contributed by atoms with Crippen molar-refractivity contribution in [3.05, 3.63) is 11.4 Å². The van der Waals surface area contributed by atoms with E-state index in [0.717, 1.165) is 18.5 Å². The number of H-pyrrole nitrogens is 1. The van der Waals surface area contributed by atoms with Gasteiger partial charge >= 0.3 is 0 Å². The minimum absolute atomic E-state index is 0.0627. The number of nitrogens with zero attached hydrogens (tertiary/aromatic N) is 3. The Balaban J connectivity index is 3.00. The van der Waals surface area contributed by atoms with Crippen LogP contribution in [0.5, 0.6) is 0 Å². The van der Waals surface area contributed by atoms with E-state index in [-0.39, 0.29) is 5.41 Å². The lowest BCUT2D eigenvalue weighted by Gasteiger charge is -2.20. The molecule has 1 aromatic heterocycles. The lowest BCUT2D eigenvalue weighted by Crippen LogP contribution is -2.18. The second-order valence-corrected chi connectivity index (χ2v) is 3.77. The summed E-state index contributed by atoms with van der Waals surface area (Å²) in [6, 6.07) is 2.04. The first-order valence-electron chi connectivity index (χ1n) is 4.43. The molecule has 4 heteroatoms. The number of hydrogen-bond donors (Lipinski definition) is 1. The Kier molecular flexibility index (Phi) is 2.66. The van der Waals surface area contributed by atoms with Gasteiger partial charge in [0, 0.05) is 5.41 Å². The molecule has 70 valence electrons. The lowest BCUT2D eigenvalue weighted by atomic mass is 9.84. The first-order valence-corrected chi connectivity index (χ1v) is 4.43. The predicted octanol–water partition coefficient (Wildman–Crippen LogP) is 1.75. The molecule has 0 atom stereocenters. The molecular formula is C9H14N4. The molecule has 0 aliphatic carbocycles. The highest BCUT2D eigenvalue weighted by atomic mass is 15.3. The minimum Gasteiger partial charge on any atom is -0.196 e. The van der Waals surface area contributed by atoms with Crippen molar-refractivity contribution in [2.24, 2.45) is 0 Å². The maximum atomic E-state index is 8.77. The van der Waals surface area contributed by atoms with E-state index in [0.29, 0.717) is 5.69 Å². The molecule has 1 heterocycles. The summed E-state index contributed by atoms with van der Waals surface area (Å²) in [6.45, 7) is 6.28. The van der Waals surface area contributed by atoms with E-state index in [9.17, 15) is 0 Å². The molecule has 0 fully saturated rings. The molecule has 4 nitrogen and oxygen atoms in total. The summed E-state index contributed by atoms with van der Waals surface area (Å²) in [4.78, 5) is 0. The fourth-order valence-electron chi connectivity index (χ4n) is 1.52. The van der Waals surface area contributed by atoms with Gasteiger partial charge < -0.3 is 0 Å². The third-order valence-corrected chi connectivity index (χ3v) is 2.17. The maximum Gasteiger partial charge on any atom is 0.186 e. The zero-order valence-electron chi connectivity index (χ0n) is 8.26. The van der Waals surface area contributed by atoms with Gasteiger partial charge in [0.2, 0.25) is 0 Å². The van der Waals surface area contributed by atoms with Gasteiger partial charge in [-0.3, -0.25) is 0 Å². The second kappa shape index (κ2) is 3.56. The molecule has 1 aromatic rings. The standard InChI is InChI=1S/C9H14N4/c1-4-5-9(2,3)8-7(6-10)11-13-12-8/h4-5H2,1-3H3,(H,11,12,13). The normalized spacial score (nSPS) is 11.2. The average Bonchev–Trinajstić information content (AvgIpc) is 2.51. The van der Waals surface area contributed by atoms with Crippen LogP contribution >= 0.6 is 0 Å². The molecule has 13 heavy (non-hydrogen) atoms. The van der Waals surface area contributed by atoms with Crippen LogP contribution in [0.15, 0.2) is 0 Å². The lowest BCUT2D eigenvalue weighted by molar-refractivity contribution is 0.458. The number of nitrogens with one attached hydrogen (secondary N) is 1. The fraction of sp³-hybridized carbons (Fsp3) is 0.667. The third-order valence-electron chi connectivity index (χ3n) is 2.17. The quantitative estimate of drug-likeness (QED) is 0.766. The first kappa shape index (κ1) is 9.72. The molecule has 1 N–H and O–H groups in total. The fourth-order valence-corrected chi connectivity index (χ4v) is 1.52. The second-order valence-electron chi connectivity index (χ2n) is 3.77. The van der Waals surface area contributed by atoms with Gasteiger partial charge in [0.1, 0.15) is 11.8 Å². The summed E-state index contributed by atoms with van der Waals surface area (Å²) >= 11 is 0. The van der Waals surface area contributed by atoms with E-state index in [1.807, 2.05) is 6.07 Å². The highest BCUT2D eigenvalue weighted by Crippen LogP contribution is 2.27. The zero-order chi connectivity index (χ0) is 9.90. The van der Waals surface area contributed by atoms with Crippen LogP contribution in [0.25, 0.3) is 0 Å². The van der Waals surface area contributed by atoms with Gasteiger partial charge in [-0.25, -0.2) is 0 Å². The Bertz CT molecular complexity index is 319. The van der Waals surface area contributed by atoms with Crippen LogP contribution in [0.4, 0.5) is 0 Å². The highest BCUT2D eigenvalue weighted by Gasteiger charge is 2.26. The van der Waals surface area contributed by atoms with Crippen molar-refractivity contribution in [3.8, 4) is 6.07 Å². The van der Waals surface area contributed by atoms with Gasteiger partial charge in [-0.2, -0.15) is 15.6 Å². The molecule has 0 amide bonds. The van der Waals surface area contributed by atoms with Crippen LogP contribution < -0.4 is 0 Å². The van der Waals surface area contributed by atoms with E-state index in [4.69, 9.17) is 5.26 Å². The van der Waals surface area contributed by atoms with Crippen molar-refractivity contribution in [2.45, 2.75) is 39.0 Å². The smallest absolute Gasteiger partial charge is 0.186 e. The van der Waals surface area contributed by atoms with Crippen LogP contribution in [0.1, 0.15) is 45.0 Å². The van der Waals surface area contributed by atoms with Crippen LogP contribution in [0.2, 0.25) is 0 Å². The van der Waals surface area contributed by atoms with E-state index >= 15 is 0 Å². The summed E-state index contributed by atoms with van der Waals surface area (Å²) in [5.41, 5.74) is 1.13. The van der Waals surface area contributed by atoms with E-state index in [1.165, 1.54) is 0 Å².